The Bertz CT molecular complexity index is 1840. The van der Waals surface area contributed by atoms with Crippen molar-refractivity contribution in [3.05, 3.63) is 135 Å². The summed E-state index contributed by atoms with van der Waals surface area (Å²) in [5.74, 6) is 0.0414. The Balaban J connectivity index is 1.34. The fraction of sp³-hybridized carbons (Fsp3) is 0.250. The molecule has 0 bridgehead atoms. The normalized spacial score (nSPS) is 12.3. The number of amides is 1. The van der Waals surface area contributed by atoms with Crippen molar-refractivity contribution in [3.63, 3.8) is 0 Å². The second-order valence-electron chi connectivity index (χ2n) is 11.6. The van der Waals surface area contributed by atoms with E-state index in [-0.39, 0.29) is 30.0 Å². The van der Waals surface area contributed by atoms with E-state index >= 15 is 0 Å². The van der Waals surface area contributed by atoms with E-state index in [9.17, 15) is 14.9 Å². The number of nitro benzene ring substituents is 1. The molecule has 2 unspecified atom stereocenters. The maximum absolute atomic E-state index is 13.6. The molecule has 2 N–H and O–H groups in total. The van der Waals surface area contributed by atoms with Gasteiger partial charge in [0, 0.05) is 60.4 Å². The lowest BCUT2D eigenvalue weighted by atomic mass is 9.97. The molecule has 0 spiro atoms. The Morgan fingerprint density at radius 3 is 2.49 bits per heavy atom. The van der Waals surface area contributed by atoms with Gasteiger partial charge >= 0.3 is 0 Å². The van der Waals surface area contributed by atoms with Gasteiger partial charge in [0.15, 0.2) is 5.11 Å². The average Bonchev–Trinajstić information content (AvgIpc) is 3.50. The van der Waals surface area contributed by atoms with Crippen LogP contribution in [0.4, 0.5) is 11.4 Å². The zero-order valence-corrected chi connectivity index (χ0v) is 27.9. The zero-order chi connectivity index (χ0) is 33.3. The number of hydrogen-bond acceptors (Lipinski definition) is 5. The summed E-state index contributed by atoms with van der Waals surface area (Å²) in [6.07, 6.45) is 4.35. The summed E-state index contributed by atoms with van der Waals surface area (Å²) in [7, 11) is 0. The van der Waals surface area contributed by atoms with Gasteiger partial charge in [-0.05, 0) is 64.3 Å². The van der Waals surface area contributed by atoms with Crippen LogP contribution in [-0.2, 0) is 24.3 Å². The van der Waals surface area contributed by atoms with E-state index < -0.39 is 4.92 Å². The molecule has 5 aromatic rings. The minimum absolute atomic E-state index is 0.0346. The standard InChI is InChI=1S/C36H37ClN6O3S/c1-3-25(2)34(40-35(44)19-32-20-38-24-42(32)21-26-11-17-31(18-12-26)43(45)46)23-41(36(47)39-30-15-13-29(37)14-16-30)22-28-9-6-8-27-7-4-5-10-33(27)28/h4-18,20,24-25,34H,3,19,21-23H2,1-2H3,(H,39,47)(H,40,44). The van der Waals surface area contributed by atoms with Crippen molar-refractivity contribution in [3.8, 4) is 0 Å². The first-order valence-electron chi connectivity index (χ1n) is 15.5. The van der Waals surface area contributed by atoms with E-state index in [1.807, 2.05) is 41.0 Å². The number of imidazole rings is 1. The molecule has 0 saturated heterocycles. The van der Waals surface area contributed by atoms with E-state index in [1.54, 1.807) is 24.7 Å². The first-order valence-corrected chi connectivity index (χ1v) is 16.3. The van der Waals surface area contributed by atoms with E-state index in [0.29, 0.717) is 29.8 Å². The summed E-state index contributed by atoms with van der Waals surface area (Å²) in [5, 5.41) is 21.2. The number of aromatic nitrogens is 2. The lowest BCUT2D eigenvalue weighted by molar-refractivity contribution is -0.384. The average molecular weight is 669 g/mol. The molecule has 0 radical (unpaired) electrons. The van der Waals surface area contributed by atoms with E-state index in [1.165, 1.54) is 12.1 Å². The molecule has 1 amide bonds. The van der Waals surface area contributed by atoms with Crippen molar-refractivity contribution >= 4 is 57.0 Å². The number of nitrogens with one attached hydrogen (secondary N) is 2. The van der Waals surface area contributed by atoms with Crippen LogP contribution in [-0.4, -0.2) is 43.0 Å². The number of rotatable bonds is 13. The second kappa shape index (κ2) is 15.7. The molecular formula is C36H37ClN6O3S. The molecule has 0 aliphatic heterocycles. The van der Waals surface area contributed by atoms with Crippen molar-refractivity contribution in [2.75, 3.05) is 11.9 Å². The van der Waals surface area contributed by atoms with Gasteiger partial charge < -0.3 is 20.1 Å². The number of halogens is 1. The Hall–Kier alpha value is -4.80. The second-order valence-corrected chi connectivity index (χ2v) is 12.5. The third-order valence-electron chi connectivity index (χ3n) is 8.36. The fourth-order valence-electron chi connectivity index (χ4n) is 5.46. The number of carbonyl (C=O) groups is 1. The van der Waals surface area contributed by atoms with Gasteiger partial charge in [0.05, 0.1) is 17.7 Å². The molecule has 0 aliphatic carbocycles. The number of carbonyl (C=O) groups excluding carboxylic acids is 1. The summed E-state index contributed by atoms with van der Waals surface area (Å²) < 4.78 is 1.89. The van der Waals surface area contributed by atoms with E-state index in [0.717, 1.165) is 39.7 Å². The van der Waals surface area contributed by atoms with Crippen LogP contribution in [0.15, 0.2) is 104 Å². The molecule has 9 nitrogen and oxygen atoms in total. The number of hydrogen-bond donors (Lipinski definition) is 2. The van der Waals surface area contributed by atoms with Gasteiger partial charge in [0.25, 0.3) is 5.69 Å². The molecule has 1 heterocycles. The topological polar surface area (TPSA) is 105 Å². The van der Waals surface area contributed by atoms with Crippen molar-refractivity contribution in [2.45, 2.75) is 45.8 Å². The highest BCUT2D eigenvalue weighted by atomic mass is 35.5. The number of thiocarbonyl (C=S) groups is 1. The van der Waals surface area contributed by atoms with Gasteiger partial charge in [0.1, 0.15) is 0 Å². The Kier molecular flexibility index (Phi) is 11.2. The SMILES string of the molecule is CCC(C)C(CN(Cc1cccc2ccccc12)C(=S)Nc1ccc(Cl)cc1)NC(=O)Cc1cncn1Cc1ccc([N+](=O)[O-])cc1. The van der Waals surface area contributed by atoms with Crippen LogP contribution in [0.1, 0.15) is 37.1 Å². The third kappa shape index (κ3) is 8.93. The van der Waals surface area contributed by atoms with Crippen LogP contribution >= 0.6 is 23.8 Å². The van der Waals surface area contributed by atoms with Gasteiger partial charge in [-0.1, -0.05) is 86.5 Å². The van der Waals surface area contributed by atoms with Gasteiger partial charge in [-0.25, -0.2) is 4.98 Å². The highest BCUT2D eigenvalue weighted by Gasteiger charge is 2.24. The predicted molar refractivity (Wildman–Crippen MR) is 192 cm³/mol. The molecule has 0 saturated carbocycles. The lowest BCUT2D eigenvalue weighted by Crippen LogP contribution is -2.50. The molecule has 0 aliphatic rings. The van der Waals surface area contributed by atoms with Crippen molar-refractivity contribution in [1.82, 2.24) is 19.8 Å². The number of anilines is 1. The molecule has 4 aromatic carbocycles. The van der Waals surface area contributed by atoms with Crippen molar-refractivity contribution < 1.29 is 9.72 Å². The minimum atomic E-state index is -0.423. The maximum Gasteiger partial charge on any atom is 0.269 e. The largest absolute Gasteiger partial charge is 0.351 e. The lowest BCUT2D eigenvalue weighted by Gasteiger charge is -2.33. The number of non-ortho nitro benzene ring substituents is 1. The summed E-state index contributed by atoms with van der Waals surface area (Å²) in [6, 6.07) is 28.1. The first-order chi connectivity index (χ1) is 22.7. The summed E-state index contributed by atoms with van der Waals surface area (Å²) in [4.78, 5) is 30.6. The molecule has 47 heavy (non-hydrogen) atoms. The maximum atomic E-state index is 13.6. The van der Waals surface area contributed by atoms with Gasteiger partial charge in [-0.3, -0.25) is 14.9 Å². The molecule has 5 rings (SSSR count). The highest BCUT2D eigenvalue weighted by Crippen LogP contribution is 2.23. The molecule has 1 aromatic heterocycles. The monoisotopic (exact) mass is 668 g/mol. The number of benzene rings is 4. The number of nitro groups is 1. The van der Waals surface area contributed by atoms with Crippen LogP contribution in [0.3, 0.4) is 0 Å². The number of nitrogens with zero attached hydrogens (tertiary/aromatic N) is 4. The van der Waals surface area contributed by atoms with Crippen LogP contribution in [0.2, 0.25) is 5.02 Å². The van der Waals surface area contributed by atoms with Crippen molar-refractivity contribution in [1.29, 1.82) is 0 Å². The summed E-state index contributed by atoms with van der Waals surface area (Å²) in [6.45, 7) is 5.73. The molecule has 0 fully saturated rings. The smallest absolute Gasteiger partial charge is 0.269 e. The van der Waals surface area contributed by atoms with E-state index in [2.05, 4.69) is 64.7 Å². The molecule has 11 heteroatoms. The predicted octanol–water partition coefficient (Wildman–Crippen LogP) is 7.62. The third-order valence-corrected chi connectivity index (χ3v) is 8.97. The van der Waals surface area contributed by atoms with Crippen LogP contribution < -0.4 is 10.6 Å². The van der Waals surface area contributed by atoms with Gasteiger partial charge in [-0.2, -0.15) is 0 Å². The summed E-state index contributed by atoms with van der Waals surface area (Å²) in [5.41, 5.74) is 3.61. The number of fused-ring (bicyclic) bond motifs is 1. The Morgan fingerprint density at radius 2 is 1.77 bits per heavy atom. The quantitative estimate of drug-likeness (QED) is 0.0755. The van der Waals surface area contributed by atoms with E-state index in [4.69, 9.17) is 23.8 Å². The van der Waals surface area contributed by atoms with Crippen LogP contribution in [0.25, 0.3) is 10.8 Å². The van der Waals surface area contributed by atoms with Gasteiger partial charge in [-0.15, -0.1) is 0 Å². The van der Waals surface area contributed by atoms with Gasteiger partial charge in [0.2, 0.25) is 5.91 Å². The van der Waals surface area contributed by atoms with Crippen LogP contribution in [0, 0.1) is 16.0 Å². The fourth-order valence-corrected chi connectivity index (χ4v) is 5.84. The summed E-state index contributed by atoms with van der Waals surface area (Å²) >= 11 is 12.1. The molecule has 242 valence electrons. The Morgan fingerprint density at radius 1 is 1.04 bits per heavy atom. The molecular weight excluding hydrogens is 632 g/mol. The zero-order valence-electron chi connectivity index (χ0n) is 26.3. The Labute approximate surface area is 284 Å². The van der Waals surface area contributed by atoms with Crippen LogP contribution in [0.5, 0.6) is 0 Å². The molecule has 2 atom stereocenters. The highest BCUT2D eigenvalue weighted by molar-refractivity contribution is 7.80. The minimum Gasteiger partial charge on any atom is -0.351 e. The first kappa shape index (κ1) is 33.6. The van der Waals surface area contributed by atoms with Crippen molar-refractivity contribution in [2.24, 2.45) is 5.92 Å².